The van der Waals surface area contributed by atoms with E-state index in [9.17, 15) is 8.42 Å². The lowest BCUT2D eigenvalue weighted by molar-refractivity contribution is 0.447. The molecule has 0 spiro atoms. The number of thiophene rings is 1. The molecule has 0 unspecified atom stereocenters. The average Bonchev–Trinajstić information content (AvgIpc) is 3.13. The van der Waals surface area contributed by atoms with Gasteiger partial charge in [0.1, 0.15) is 4.21 Å². The summed E-state index contributed by atoms with van der Waals surface area (Å²) >= 11 is 1.30. The van der Waals surface area contributed by atoms with Crippen LogP contribution >= 0.6 is 11.3 Å². The van der Waals surface area contributed by atoms with Gasteiger partial charge in [0.2, 0.25) is 0 Å². The molecule has 0 bridgehead atoms. The summed E-state index contributed by atoms with van der Waals surface area (Å²) in [5.41, 5.74) is 6.87. The Kier molecular flexibility index (Phi) is 8.21. The lowest BCUT2D eigenvalue weighted by Crippen LogP contribution is -2.33. The zero-order chi connectivity index (χ0) is 19.7. The van der Waals surface area contributed by atoms with E-state index in [1.54, 1.807) is 12.3 Å². The molecule has 2 heterocycles. The second kappa shape index (κ2) is 10.4. The maximum Gasteiger partial charge on any atom is 0.252 e. The Morgan fingerprint density at radius 3 is 2.67 bits per heavy atom. The first kappa shape index (κ1) is 21.3. The van der Waals surface area contributed by atoms with E-state index < -0.39 is 10.0 Å². The van der Waals surface area contributed by atoms with Gasteiger partial charge in [-0.05, 0) is 24.3 Å². The van der Waals surface area contributed by atoms with Gasteiger partial charge in [0.25, 0.3) is 10.0 Å². The summed E-state index contributed by atoms with van der Waals surface area (Å²) in [6, 6.07) is 9.33. The molecular weight excluding hydrogens is 382 g/mol. The van der Waals surface area contributed by atoms with Crippen molar-refractivity contribution in [2.75, 3.05) is 26.2 Å². The van der Waals surface area contributed by atoms with Crippen molar-refractivity contribution >= 4 is 27.3 Å². The molecule has 0 saturated carbocycles. The molecule has 2 rings (SSSR count). The Labute approximate surface area is 165 Å². The number of nitrogens with one attached hydrogen (secondary N) is 1. The lowest BCUT2D eigenvalue weighted by Gasteiger charge is -2.16. The molecular formula is C18H27N5O2S2. The molecule has 2 aromatic heterocycles. The van der Waals surface area contributed by atoms with Crippen molar-refractivity contribution in [3.63, 3.8) is 0 Å². The highest BCUT2D eigenvalue weighted by Crippen LogP contribution is 2.25. The van der Waals surface area contributed by atoms with Gasteiger partial charge in [-0.1, -0.05) is 19.9 Å². The van der Waals surface area contributed by atoms with Crippen LogP contribution in [0.2, 0.25) is 0 Å². The highest BCUT2D eigenvalue weighted by molar-refractivity contribution is 7.91. The number of rotatable bonds is 10. The smallest absolute Gasteiger partial charge is 0.252 e. The Hall–Kier alpha value is -1.97. The van der Waals surface area contributed by atoms with Gasteiger partial charge < -0.3 is 11.1 Å². The SMILES string of the molecule is CCN(CC)S(=O)(=O)c1ccc(CCN=C(N)NCCc2ccccn2)s1. The van der Waals surface area contributed by atoms with E-state index in [4.69, 9.17) is 5.73 Å². The summed E-state index contributed by atoms with van der Waals surface area (Å²) in [5.74, 6) is 0.387. The third kappa shape index (κ3) is 6.30. The van der Waals surface area contributed by atoms with Gasteiger partial charge in [-0.2, -0.15) is 4.31 Å². The van der Waals surface area contributed by atoms with Crippen LogP contribution in [-0.4, -0.2) is 49.8 Å². The van der Waals surface area contributed by atoms with Crippen LogP contribution in [0.5, 0.6) is 0 Å². The van der Waals surface area contributed by atoms with Crippen LogP contribution in [0, 0.1) is 0 Å². The minimum atomic E-state index is -3.39. The molecule has 2 aromatic rings. The molecule has 0 saturated heterocycles. The molecule has 0 aliphatic heterocycles. The van der Waals surface area contributed by atoms with Crippen molar-refractivity contribution in [2.45, 2.75) is 30.9 Å². The maximum atomic E-state index is 12.5. The number of guanidine groups is 1. The minimum absolute atomic E-state index is 0.381. The van der Waals surface area contributed by atoms with Crippen LogP contribution in [0.4, 0.5) is 0 Å². The zero-order valence-electron chi connectivity index (χ0n) is 15.8. The summed E-state index contributed by atoms with van der Waals surface area (Å²) in [6.45, 7) is 5.79. The number of pyridine rings is 1. The predicted octanol–water partition coefficient (Wildman–Crippen LogP) is 1.86. The number of aliphatic imine (C=N–C) groups is 1. The molecule has 0 aliphatic rings. The summed E-state index contributed by atoms with van der Waals surface area (Å²) in [7, 11) is -3.39. The molecule has 3 N–H and O–H groups in total. The van der Waals surface area contributed by atoms with Crippen molar-refractivity contribution < 1.29 is 8.42 Å². The molecule has 0 aromatic carbocycles. The molecule has 0 amide bonds. The van der Waals surface area contributed by atoms with E-state index in [1.807, 2.05) is 38.1 Å². The van der Waals surface area contributed by atoms with Crippen molar-refractivity contribution in [1.29, 1.82) is 0 Å². The maximum absolute atomic E-state index is 12.5. The first-order valence-electron chi connectivity index (χ1n) is 9.00. The normalized spacial score (nSPS) is 12.5. The quantitative estimate of drug-likeness (QED) is 0.461. The van der Waals surface area contributed by atoms with Crippen molar-refractivity contribution in [3.05, 3.63) is 47.1 Å². The van der Waals surface area contributed by atoms with E-state index in [0.717, 1.165) is 17.0 Å². The van der Waals surface area contributed by atoms with Crippen LogP contribution in [0.15, 0.2) is 45.7 Å². The van der Waals surface area contributed by atoms with Gasteiger partial charge in [0.05, 0.1) is 0 Å². The molecule has 148 valence electrons. The number of nitrogens with zero attached hydrogens (tertiary/aromatic N) is 3. The Morgan fingerprint density at radius 1 is 1.22 bits per heavy atom. The second-order valence-electron chi connectivity index (χ2n) is 5.82. The largest absolute Gasteiger partial charge is 0.370 e. The Morgan fingerprint density at radius 2 is 2.00 bits per heavy atom. The second-order valence-corrected chi connectivity index (χ2v) is 9.16. The molecule has 0 aliphatic carbocycles. The third-order valence-electron chi connectivity index (χ3n) is 3.99. The van der Waals surface area contributed by atoms with E-state index in [2.05, 4.69) is 15.3 Å². The third-order valence-corrected chi connectivity index (χ3v) is 7.65. The fourth-order valence-corrected chi connectivity index (χ4v) is 5.49. The fraction of sp³-hybridized carbons (Fsp3) is 0.444. The number of aromatic nitrogens is 1. The first-order valence-corrected chi connectivity index (χ1v) is 11.3. The van der Waals surface area contributed by atoms with Crippen LogP contribution in [0.3, 0.4) is 0 Å². The number of hydrogen-bond acceptors (Lipinski definition) is 5. The summed E-state index contributed by atoms with van der Waals surface area (Å²) in [4.78, 5) is 9.53. The van der Waals surface area contributed by atoms with Crippen LogP contribution < -0.4 is 11.1 Å². The lowest BCUT2D eigenvalue weighted by atomic mass is 10.3. The van der Waals surface area contributed by atoms with Crippen molar-refractivity contribution in [2.24, 2.45) is 10.7 Å². The Balaban J connectivity index is 1.81. The van der Waals surface area contributed by atoms with E-state index >= 15 is 0 Å². The van der Waals surface area contributed by atoms with Gasteiger partial charge in [-0.3, -0.25) is 9.98 Å². The molecule has 0 radical (unpaired) electrons. The fourth-order valence-electron chi connectivity index (χ4n) is 2.53. The van der Waals surface area contributed by atoms with Crippen LogP contribution in [0.1, 0.15) is 24.4 Å². The first-order chi connectivity index (χ1) is 13.0. The van der Waals surface area contributed by atoms with Crippen molar-refractivity contribution in [3.8, 4) is 0 Å². The van der Waals surface area contributed by atoms with E-state index in [1.165, 1.54) is 15.6 Å². The van der Waals surface area contributed by atoms with Gasteiger partial charge in [0, 0.05) is 55.8 Å². The number of sulfonamides is 1. The van der Waals surface area contributed by atoms with Crippen LogP contribution in [-0.2, 0) is 22.9 Å². The van der Waals surface area contributed by atoms with Crippen LogP contribution in [0.25, 0.3) is 0 Å². The molecule has 0 atom stereocenters. The molecule has 0 fully saturated rings. The summed E-state index contributed by atoms with van der Waals surface area (Å²) < 4.78 is 26.8. The number of nitrogens with two attached hydrogens (primary N) is 1. The minimum Gasteiger partial charge on any atom is -0.370 e. The molecule has 27 heavy (non-hydrogen) atoms. The molecule has 7 nitrogen and oxygen atoms in total. The monoisotopic (exact) mass is 409 g/mol. The van der Waals surface area contributed by atoms with Gasteiger partial charge in [0.15, 0.2) is 5.96 Å². The average molecular weight is 410 g/mol. The topological polar surface area (TPSA) is 101 Å². The predicted molar refractivity (Wildman–Crippen MR) is 111 cm³/mol. The standard InChI is InChI=1S/C18H27N5O2S2/c1-3-23(4-2)27(24,25)17-9-8-16(26-17)11-14-22-18(19)21-13-10-15-7-5-6-12-20-15/h5-9,12H,3-4,10-11,13-14H2,1-2H3,(H3,19,21,22). The zero-order valence-corrected chi connectivity index (χ0v) is 17.4. The van der Waals surface area contributed by atoms with Gasteiger partial charge >= 0.3 is 0 Å². The number of hydrogen-bond donors (Lipinski definition) is 2. The highest BCUT2D eigenvalue weighted by Gasteiger charge is 2.23. The molecule has 9 heteroatoms. The van der Waals surface area contributed by atoms with Gasteiger partial charge in [-0.15, -0.1) is 11.3 Å². The van der Waals surface area contributed by atoms with E-state index in [-0.39, 0.29) is 0 Å². The van der Waals surface area contributed by atoms with Crippen molar-refractivity contribution in [1.82, 2.24) is 14.6 Å². The van der Waals surface area contributed by atoms with E-state index in [0.29, 0.717) is 42.8 Å². The van der Waals surface area contributed by atoms with Gasteiger partial charge in [-0.25, -0.2) is 8.42 Å². The highest BCUT2D eigenvalue weighted by atomic mass is 32.2. The Bertz CT molecular complexity index is 830. The summed E-state index contributed by atoms with van der Waals surface area (Å²) in [6.07, 6.45) is 3.19. The summed E-state index contributed by atoms with van der Waals surface area (Å²) in [5, 5.41) is 3.07.